The maximum atomic E-state index is 12.7. The maximum Gasteiger partial charge on any atom is 0.342 e. The van der Waals surface area contributed by atoms with Gasteiger partial charge in [0.25, 0.3) is 5.69 Å². The van der Waals surface area contributed by atoms with Crippen LogP contribution in [0.15, 0.2) is 47.4 Å². The van der Waals surface area contributed by atoms with Crippen LogP contribution in [0.3, 0.4) is 0 Å². The van der Waals surface area contributed by atoms with Crippen LogP contribution in [0.1, 0.15) is 29.6 Å². The lowest BCUT2D eigenvalue weighted by Crippen LogP contribution is -2.35. The third-order valence-electron chi connectivity index (χ3n) is 4.57. The molecule has 0 radical (unpaired) electrons. The van der Waals surface area contributed by atoms with Crippen molar-refractivity contribution < 1.29 is 23.2 Å². The lowest BCUT2D eigenvalue weighted by Gasteiger charge is -2.25. The average molecular weight is 390 g/mol. The lowest BCUT2D eigenvalue weighted by molar-refractivity contribution is -0.385. The van der Waals surface area contributed by atoms with Gasteiger partial charge in [0, 0.05) is 19.2 Å². The van der Waals surface area contributed by atoms with Gasteiger partial charge in [-0.3, -0.25) is 10.1 Å². The second-order valence-electron chi connectivity index (χ2n) is 6.28. The monoisotopic (exact) mass is 390 g/mol. The van der Waals surface area contributed by atoms with E-state index in [-0.39, 0.29) is 4.90 Å². The number of carboxylic acids is 1. The molecule has 142 valence electrons. The molecule has 0 atom stereocenters. The number of piperidine rings is 1. The zero-order valence-corrected chi connectivity index (χ0v) is 15.2. The summed E-state index contributed by atoms with van der Waals surface area (Å²) in [4.78, 5) is 21.7. The van der Waals surface area contributed by atoms with Crippen LogP contribution in [0.4, 0.5) is 5.69 Å². The fourth-order valence-corrected chi connectivity index (χ4v) is 4.63. The van der Waals surface area contributed by atoms with Crippen molar-refractivity contribution in [2.24, 2.45) is 0 Å². The third kappa shape index (κ3) is 3.83. The van der Waals surface area contributed by atoms with Crippen molar-refractivity contribution in [2.45, 2.75) is 24.2 Å². The number of aromatic carboxylic acids is 1. The fraction of sp³-hybridized carbons (Fsp3) is 0.278. The minimum absolute atomic E-state index is 0.171. The smallest absolute Gasteiger partial charge is 0.342 e. The van der Waals surface area contributed by atoms with E-state index in [4.69, 9.17) is 5.11 Å². The van der Waals surface area contributed by atoms with E-state index in [9.17, 15) is 23.3 Å². The summed E-state index contributed by atoms with van der Waals surface area (Å²) < 4.78 is 26.8. The zero-order valence-electron chi connectivity index (χ0n) is 14.4. The standard InChI is InChI=1S/C18H18N2O6S/c21-18(22)16-9-6-14(12-17(16)20(23)24)13-4-7-15(8-5-13)27(25,26)19-10-2-1-3-11-19/h4-9,12H,1-3,10-11H2,(H,21,22). The molecule has 27 heavy (non-hydrogen) atoms. The Bertz CT molecular complexity index is 979. The second kappa shape index (κ2) is 7.45. The molecular formula is C18H18N2O6S. The predicted octanol–water partition coefficient (Wildman–Crippen LogP) is 3.13. The van der Waals surface area contributed by atoms with E-state index >= 15 is 0 Å². The number of carboxylic acid groups (broad SMARTS) is 1. The molecule has 2 aromatic rings. The first-order valence-corrected chi connectivity index (χ1v) is 9.87. The first-order chi connectivity index (χ1) is 12.8. The van der Waals surface area contributed by atoms with Crippen LogP contribution in [-0.4, -0.2) is 41.8 Å². The van der Waals surface area contributed by atoms with Crippen molar-refractivity contribution in [2.75, 3.05) is 13.1 Å². The van der Waals surface area contributed by atoms with Crippen LogP contribution in [0.25, 0.3) is 11.1 Å². The normalized spacial score (nSPS) is 15.4. The highest BCUT2D eigenvalue weighted by molar-refractivity contribution is 7.89. The van der Waals surface area contributed by atoms with Crippen LogP contribution < -0.4 is 0 Å². The molecule has 0 saturated carbocycles. The Balaban J connectivity index is 1.92. The topological polar surface area (TPSA) is 118 Å². The molecule has 0 bridgehead atoms. The number of rotatable bonds is 5. The van der Waals surface area contributed by atoms with Gasteiger partial charge >= 0.3 is 5.97 Å². The Kier molecular flexibility index (Phi) is 5.24. The molecule has 0 amide bonds. The Hall–Kier alpha value is -2.78. The summed E-state index contributed by atoms with van der Waals surface area (Å²) in [5, 5.41) is 20.2. The van der Waals surface area contributed by atoms with Gasteiger partial charge in [0.1, 0.15) is 5.56 Å². The first-order valence-electron chi connectivity index (χ1n) is 8.43. The maximum absolute atomic E-state index is 12.7. The summed E-state index contributed by atoms with van der Waals surface area (Å²) in [7, 11) is -3.55. The molecule has 1 aliphatic rings. The molecule has 1 N–H and O–H groups in total. The molecule has 0 unspecified atom stereocenters. The molecule has 1 saturated heterocycles. The van der Waals surface area contributed by atoms with Crippen molar-refractivity contribution >= 4 is 21.7 Å². The molecule has 0 aliphatic carbocycles. The molecule has 1 aliphatic heterocycles. The van der Waals surface area contributed by atoms with E-state index < -0.39 is 32.2 Å². The van der Waals surface area contributed by atoms with Crippen LogP contribution in [0, 0.1) is 10.1 Å². The summed E-state index contributed by atoms with van der Waals surface area (Å²) in [6.07, 6.45) is 2.71. The quantitative estimate of drug-likeness (QED) is 0.619. The van der Waals surface area contributed by atoms with E-state index in [1.54, 1.807) is 12.1 Å². The summed E-state index contributed by atoms with van der Waals surface area (Å²) >= 11 is 0. The van der Waals surface area contributed by atoms with Crippen molar-refractivity contribution in [3.63, 3.8) is 0 Å². The lowest BCUT2D eigenvalue weighted by atomic mass is 10.0. The van der Waals surface area contributed by atoms with Crippen LogP contribution in [0.5, 0.6) is 0 Å². The molecule has 0 aromatic heterocycles. The highest BCUT2D eigenvalue weighted by Gasteiger charge is 2.26. The Morgan fingerprint density at radius 2 is 1.59 bits per heavy atom. The van der Waals surface area contributed by atoms with Gasteiger partial charge in [-0.15, -0.1) is 0 Å². The number of nitrogens with zero attached hydrogens (tertiary/aromatic N) is 2. The minimum atomic E-state index is -3.55. The summed E-state index contributed by atoms with van der Waals surface area (Å²) in [6.45, 7) is 1.01. The van der Waals surface area contributed by atoms with Crippen LogP contribution >= 0.6 is 0 Å². The van der Waals surface area contributed by atoms with E-state index in [0.717, 1.165) is 19.3 Å². The Morgan fingerprint density at radius 1 is 1.00 bits per heavy atom. The highest BCUT2D eigenvalue weighted by Crippen LogP contribution is 2.29. The Morgan fingerprint density at radius 3 is 2.15 bits per heavy atom. The number of benzene rings is 2. The first kappa shape index (κ1) is 19.0. The fourth-order valence-electron chi connectivity index (χ4n) is 3.12. The van der Waals surface area contributed by atoms with Gasteiger partial charge in [-0.25, -0.2) is 13.2 Å². The number of hydrogen-bond acceptors (Lipinski definition) is 5. The van der Waals surface area contributed by atoms with Crippen LogP contribution in [-0.2, 0) is 10.0 Å². The van der Waals surface area contributed by atoms with Crippen molar-refractivity contribution in [3.8, 4) is 11.1 Å². The molecule has 8 nitrogen and oxygen atoms in total. The molecule has 9 heteroatoms. The van der Waals surface area contributed by atoms with Gasteiger partial charge in [-0.05, 0) is 42.2 Å². The van der Waals surface area contributed by atoms with Crippen molar-refractivity contribution in [1.29, 1.82) is 0 Å². The molecule has 0 spiro atoms. The SMILES string of the molecule is O=C(O)c1ccc(-c2ccc(S(=O)(=O)N3CCCCC3)cc2)cc1[N+](=O)[O-]. The minimum Gasteiger partial charge on any atom is -0.477 e. The molecule has 1 heterocycles. The summed E-state index contributed by atoms with van der Waals surface area (Å²) in [6, 6.07) is 9.88. The number of nitro groups is 1. The van der Waals surface area contributed by atoms with Crippen LogP contribution in [0.2, 0.25) is 0 Å². The van der Waals surface area contributed by atoms with Gasteiger partial charge in [0.15, 0.2) is 0 Å². The van der Waals surface area contributed by atoms with Gasteiger partial charge in [0.2, 0.25) is 10.0 Å². The highest BCUT2D eigenvalue weighted by atomic mass is 32.2. The van der Waals surface area contributed by atoms with E-state index in [1.807, 2.05) is 0 Å². The summed E-state index contributed by atoms with van der Waals surface area (Å²) in [5.41, 5.74) is 0.0966. The third-order valence-corrected chi connectivity index (χ3v) is 6.48. The van der Waals surface area contributed by atoms with Gasteiger partial charge in [0.05, 0.1) is 9.82 Å². The molecule has 3 rings (SSSR count). The van der Waals surface area contributed by atoms with Gasteiger partial charge < -0.3 is 5.11 Å². The molecule has 2 aromatic carbocycles. The number of hydrogen-bond donors (Lipinski definition) is 1. The van der Waals surface area contributed by atoms with Crippen molar-refractivity contribution in [3.05, 3.63) is 58.1 Å². The Labute approximate surface area is 156 Å². The van der Waals surface area contributed by atoms with E-state index in [0.29, 0.717) is 24.2 Å². The van der Waals surface area contributed by atoms with Crippen molar-refractivity contribution in [1.82, 2.24) is 4.31 Å². The second-order valence-corrected chi connectivity index (χ2v) is 8.22. The predicted molar refractivity (Wildman–Crippen MR) is 98.1 cm³/mol. The number of carbonyl (C=O) groups is 1. The summed E-state index contributed by atoms with van der Waals surface area (Å²) in [5.74, 6) is -1.38. The average Bonchev–Trinajstić information content (AvgIpc) is 2.68. The largest absolute Gasteiger partial charge is 0.477 e. The van der Waals surface area contributed by atoms with E-state index in [2.05, 4.69) is 0 Å². The number of sulfonamides is 1. The zero-order chi connectivity index (χ0) is 19.6. The van der Waals surface area contributed by atoms with Gasteiger partial charge in [-0.2, -0.15) is 4.31 Å². The van der Waals surface area contributed by atoms with Gasteiger partial charge in [-0.1, -0.05) is 24.6 Å². The number of nitro benzene ring substituents is 1. The van der Waals surface area contributed by atoms with E-state index in [1.165, 1.54) is 34.6 Å². The molecule has 1 fully saturated rings. The molecular weight excluding hydrogens is 372 g/mol.